The van der Waals surface area contributed by atoms with Crippen molar-refractivity contribution in [3.05, 3.63) is 74.9 Å². The maximum atomic E-state index is 12.4. The van der Waals surface area contributed by atoms with E-state index in [2.05, 4.69) is 4.98 Å². The number of para-hydroxylation sites is 1. The SMILES string of the molecule is N#Cc1cc2c(=O)n(CCOc3ccccc3)ccc2[nH]c1=O. The number of aromatic amines is 1. The highest BCUT2D eigenvalue weighted by Crippen LogP contribution is 2.09. The highest BCUT2D eigenvalue weighted by Gasteiger charge is 2.07. The summed E-state index contributed by atoms with van der Waals surface area (Å²) in [4.78, 5) is 26.5. The molecule has 23 heavy (non-hydrogen) atoms. The first kappa shape index (κ1) is 14.6. The molecule has 0 amide bonds. The van der Waals surface area contributed by atoms with Gasteiger partial charge in [-0.15, -0.1) is 0 Å². The van der Waals surface area contributed by atoms with Crippen LogP contribution < -0.4 is 15.9 Å². The van der Waals surface area contributed by atoms with Crippen LogP contribution in [0.25, 0.3) is 10.9 Å². The zero-order valence-electron chi connectivity index (χ0n) is 12.2. The standard InChI is InChI=1S/C17H13N3O3/c18-11-12-10-14-15(19-16(12)21)6-7-20(17(14)22)8-9-23-13-4-2-1-3-5-13/h1-7,10H,8-9H2,(H,19,21). The van der Waals surface area contributed by atoms with Crippen LogP contribution in [0.3, 0.4) is 0 Å². The van der Waals surface area contributed by atoms with Gasteiger partial charge in [0, 0.05) is 6.20 Å². The molecule has 2 aromatic heterocycles. The van der Waals surface area contributed by atoms with Crippen LogP contribution in [0.5, 0.6) is 5.75 Å². The number of fused-ring (bicyclic) bond motifs is 1. The van der Waals surface area contributed by atoms with Crippen LogP contribution in [0.2, 0.25) is 0 Å². The van der Waals surface area contributed by atoms with Gasteiger partial charge in [0.1, 0.15) is 24.0 Å². The topological polar surface area (TPSA) is 87.9 Å². The smallest absolute Gasteiger partial charge is 0.266 e. The van der Waals surface area contributed by atoms with E-state index in [4.69, 9.17) is 10.00 Å². The van der Waals surface area contributed by atoms with Crippen LogP contribution >= 0.6 is 0 Å². The highest BCUT2D eigenvalue weighted by molar-refractivity contribution is 5.78. The fourth-order valence-electron chi connectivity index (χ4n) is 2.28. The van der Waals surface area contributed by atoms with Gasteiger partial charge < -0.3 is 14.3 Å². The molecule has 1 aromatic carbocycles. The lowest BCUT2D eigenvalue weighted by Crippen LogP contribution is -2.24. The number of H-pyrrole nitrogens is 1. The van der Waals surface area contributed by atoms with Gasteiger partial charge >= 0.3 is 0 Å². The van der Waals surface area contributed by atoms with Crippen LogP contribution in [0.1, 0.15) is 5.56 Å². The first-order chi connectivity index (χ1) is 11.2. The number of hydrogen-bond acceptors (Lipinski definition) is 4. The Morgan fingerprint density at radius 2 is 1.96 bits per heavy atom. The molecule has 0 bridgehead atoms. The van der Waals surface area contributed by atoms with Crippen LogP contribution in [0, 0.1) is 11.3 Å². The Morgan fingerprint density at radius 3 is 2.70 bits per heavy atom. The molecule has 0 saturated carbocycles. The van der Waals surface area contributed by atoms with Gasteiger partial charge in [0.05, 0.1) is 17.4 Å². The molecule has 0 atom stereocenters. The van der Waals surface area contributed by atoms with E-state index in [9.17, 15) is 9.59 Å². The quantitative estimate of drug-likeness (QED) is 0.793. The minimum absolute atomic E-state index is 0.0760. The number of nitrogens with one attached hydrogen (secondary N) is 1. The Labute approximate surface area is 131 Å². The third-order valence-corrected chi connectivity index (χ3v) is 3.45. The normalized spacial score (nSPS) is 10.4. The molecular formula is C17H13N3O3. The predicted molar refractivity (Wildman–Crippen MR) is 85.5 cm³/mol. The second-order valence-electron chi connectivity index (χ2n) is 4.93. The van der Waals surface area contributed by atoms with Gasteiger partial charge in [-0.1, -0.05) is 18.2 Å². The molecule has 6 nitrogen and oxygen atoms in total. The van der Waals surface area contributed by atoms with E-state index in [1.807, 2.05) is 30.3 Å². The lowest BCUT2D eigenvalue weighted by molar-refractivity contribution is 0.296. The Kier molecular flexibility index (Phi) is 3.93. The Bertz CT molecular complexity index is 997. The second kappa shape index (κ2) is 6.20. The van der Waals surface area contributed by atoms with Gasteiger partial charge in [-0.25, -0.2) is 0 Å². The third kappa shape index (κ3) is 2.99. The molecule has 2 heterocycles. The molecule has 0 radical (unpaired) electrons. The van der Waals surface area contributed by atoms with E-state index in [0.29, 0.717) is 24.1 Å². The van der Waals surface area contributed by atoms with Crippen molar-refractivity contribution in [2.45, 2.75) is 6.54 Å². The molecule has 0 aliphatic rings. The van der Waals surface area contributed by atoms with Crippen molar-refractivity contribution in [1.29, 1.82) is 5.26 Å². The average molecular weight is 307 g/mol. The minimum atomic E-state index is -0.496. The maximum Gasteiger partial charge on any atom is 0.266 e. The number of hydrogen-bond donors (Lipinski definition) is 1. The van der Waals surface area contributed by atoms with Crippen molar-refractivity contribution >= 4 is 10.9 Å². The van der Waals surface area contributed by atoms with Gasteiger partial charge in [0.2, 0.25) is 0 Å². The summed E-state index contributed by atoms with van der Waals surface area (Å²) in [5.74, 6) is 0.734. The number of benzene rings is 1. The molecular weight excluding hydrogens is 294 g/mol. The molecule has 3 aromatic rings. The minimum Gasteiger partial charge on any atom is -0.492 e. The summed E-state index contributed by atoms with van der Waals surface area (Å²) in [5, 5.41) is 9.22. The third-order valence-electron chi connectivity index (χ3n) is 3.45. The molecule has 0 unspecified atom stereocenters. The number of ether oxygens (including phenoxy) is 1. The lowest BCUT2D eigenvalue weighted by atomic mass is 10.2. The molecule has 6 heteroatoms. The molecule has 1 N–H and O–H groups in total. The van der Waals surface area contributed by atoms with Crippen molar-refractivity contribution in [3.8, 4) is 11.8 Å². The Morgan fingerprint density at radius 1 is 1.17 bits per heavy atom. The van der Waals surface area contributed by atoms with Crippen molar-refractivity contribution < 1.29 is 4.74 Å². The number of rotatable bonds is 4. The van der Waals surface area contributed by atoms with Crippen molar-refractivity contribution in [1.82, 2.24) is 9.55 Å². The fourth-order valence-corrected chi connectivity index (χ4v) is 2.28. The molecule has 0 saturated heterocycles. The first-order valence-corrected chi connectivity index (χ1v) is 7.03. The molecule has 0 aliphatic heterocycles. The fraction of sp³-hybridized carbons (Fsp3) is 0.118. The Hall–Kier alpha value is -3.33. The van der Waals surface area contributed by atoms with Crippen LogP contribution in [-0.4, -0.2) is 16.2 Å². The number of aromatic nitrogens is 2. The number of pyridine rings is 2. The van der Waals surface area contributed by atoms with Crippen LogP contribution in [0.15, 0.2) is 58.3 Å². The van der Waals surface area contributed by atoms with Crippen LogP contribution in [-0.2, 0) is 6.54 Å². The number of nitriles is 1. The van der Waals surface area contributed by atoms with E-state index < -0.39 is 5.56 Å². The molecule has 0 fully saturated rings. The summed E-state index contributed by atoms with van der Waals surface area (Å²) >= 11 is 0. The number of nitrogens with zero attached hydrogens (tertiary/aromatic N) is 2. The van der Waals surface area contributed by atoms with Crippen molar-refractivity contribution in [3.63, 3.8) is 0 Å². The van der Waals surface area contributed by atoms with Crippen molar-refractivity contribution in [2.75, 3.05) is 6.61 Å². The van der Waals surface area contributed by atoms with Crippen molar-refractivity contribution in [2.24, 2.45) is 0 Å². The summed E-state index contributed by atoms with van der Waals surface area (Å²) < 4.78 is 7.06. The lowest BCUT2D eigenvalue weighted by Gasteiger charge is -2.09. The molecule has 0 aliphatic carbocycles. The highest BCUT2D eigenvalue weighted by atomic mass is 16.5. The second-order valence-corrected chi connectivity index (χ2v) is 4.93. The summed E-state index contributed by atoms with van der Waals surface area (Å²) in [5.41, 5.74) is -0.427. The van der Waals surface area contributed by atoms with Gasteiger partial charge in [0.15, 0.2) is 0 Å². The first-order valence-electron chi connectivity index (χ1n) is 7.03. The molecule has 114 valence electrons. The zero-order chi connectivity index (χ0) is 16.2. The van der Waals surface area contributed by atoms with E-state index in [1.165, 1.54) is 10.6 Å². The van der Waals surface area contributed by atoms with E-state index >= 15 is 0 Å². The predicted octanol–water partition coefficient (Wildman–Crippen LogP) is 1.64. The monoisotopic (exact) mass is 307 g/mol. The summed E-state index contributed by atoms with van der Waals surface area (Å²) in [6.07, 6.45) is 1.60. The van der Waals surface area contributed by atoms with Crippen LogP contribution in [0.4, 0.5) is 0 Å². The molecule has 0 spiro atoms. The summed E-state index contributed by atoms with van der Waals surface area (Å²) in [6.45, 7) is 0.703. The van der Waals surface area contributed by atoms with Gasteiger partial charge in [-0.05, 0) is 24.3 Å². The summed E-state index contributed by atoms with van der Waals surface area (Å²) in [7, 11) is 0. The zero-order valence-corrected chi connectivity index (χ0v) is 12.2. The maximum absolute atomic E-state index is 12.4. The van der Waals surface area contributed by atoms with E-state index in [0.717, 1.165) is 5.75 Å². The largest absolute Gasteiger partial charge is 0.492 e. The van der Waals surface area contributed by atoms with Gasteiger partial charge in [-0.2, -0.15) is 5.26 Å². The summed E-state index contributed by atoms with van der Waals surface area (Å²) in [6, 6.07) is 14.1. The van der Waals surface area contributed by atoms with Gasteiger partial charge in [0.25, 0.3) is 11.1 Å². The van der Waals surface area contributed by atoms with E-state index in [-0.39, 0.29) is 11.1 Å². The average Bonchev–Trinajstić information content (AvgIpc) is 2.57. The van der Waals surface area contributed by atoms with Gasteiger partial charge in [-0.3, -0.25) is 9.59 Å². The molecule has 3 rings (SSSR count). The van der Waals surface area contributed by atoms with E-state index in [1.54, 1.807) is 18.3 Å². The Balaban J connectivity index is 1.86.